The molecule has 55 heavy (non-hydrogen) atoms. The molecule has 0 fully saturated rings. The fraction of sp³-hybridized carbons (Fsp3) is 0. The monoisotopic (exact) mass is 702 g/mol. The standard InChI is InChI=1S/C51H34N4/c1-4-13-35(14-5-1)38-23-25-39(26-24-38)49-52-50(54-51(53-49)43-20-12-19-41(33-43)36-15-6-2-7-16-36)40-27-30-44(31-28-40)55-47-22-11-10-21-45(47)46-34-42(29-32-48(46)55)37-17-8-3-9-18-37/h1-34H. The molecule has 0 amide bonds. The third-order valence-corrected chi connectivity index (χ3v) is 10.3. The quantitative estimate of drug-likeness (QED) is 0.166. The van der Waals surface area contributed by atoms with Crippen molar-refractivity contribution < 1.29 is 0 Å². The molecule has 10 aromatic rings. The summed E-state index contributed by atoms with van der Waals surface area (Å²) < 4.78 is 2.34. The fourth-order valence-corrected chi connectivity index (χ4v) is 7.49. The summed E-state index contributed by atoms with van der Waals surface area (Å²) in [6.07, 6.45) is 0. The second kappa shape index (κ2) is 13.8. The van der Waals surface area contributed by atoms with Crippen molar-refractivity contribution >= 4 is 21.8 Å². The van der Waals surface area contributed by atoms with E-state index < -0.39 is 0 Å². The van der Waals surface area contributed by atoms with Gasteiger partial charge in [-0.2, -0.15) is 0 Å². The fourth-order valence-electron chi connectivity index (χ4n) is 7.49. The van der Waals surface area contributed by atoms with Gasteiger partial charge in [-0.3, -0.25) is 0 Å². The minimum absolute atomic E-state index is 0.624. The zero-order valence-electron chi connectivity index (χ0n) is 29.9. The number of nitrogens with zero attached hydrogens (tertiary/aromatic N) is 4. The van der Waals surface area contributed by atoms with Crippen LogP contribution in [0.3, 0.4) is 0 Å². The Labute approximate surface area is 319 Å². The second-order valence-electron chi connectivity index (χ2n) is 13.7. The first-order chi connectivity index (χ1) is 27.2. The Morgan fingerprint density at radius 1 is 0.255 bits per heavy atom. The summed E-state index contributed by atoms with van der Waals surface area (Å²) >= 11 is 0. The Morgan fingerprint density at radius 3 is 1.27 bits per heavy atom. The SMILES string of the molecule is c1ccc(-c2ccc(-c3nc(-c4ccc(-n5c6ccccc6c6cc(-c7ccccc7)ccc65)cc4)nc(-c4cccc(-c5ccccc5)c4)n3)cc2)cc1. The minimum Gasteiger partial charge on any atom is -0.309 e. The van der Waals surface area contributed by atoms with Gasteiger partial charge >= 0.3 is 0 Å². The van der Waals surface area contributed by atoms with Gasteiger partial charge in [0.15, 0.2) is 17.5 Å². The number of rotatable bonds is 7. The summed E-state index contributed by atoms with van der Waals surface area (Å²) in [4.78, 5) is 15.3. The number of hydrogen-bond acceptors (Lipinski definition) is 3. The van der Waals surface area contributed by atoms with Crippen LogP contribution in [-0.2, 0) is 0 Å². The van der Waals surface area contributed by atoms with E-state index in [1.54, 1.807) is 0 Å². The first-order valence-electron chi connectivity index (χ1n) is 18.5. The molecule has 10 rings (SSSR count). The van der Waals surface area contributed by atoms with E-state index in [9.17, 15) is 0 Å². The van der Waals surface area contributed by atoms with Gasteiger partial charge in [-0.25, -0.2) is 15.0 Å². The summed E-state index contributed by atoms with van der Waals surface area (Å²) in [5, 5.41) is 2.45. The van der Waals surface area contributed by atoms with Crippen LogP contribution in [0.1, 0.15) is 0 Å². The van der Waals surface area contributed by atoms with Gasteiger partial charge in [-0.15, -0.1) is 0 Å². The summed E-state index contributed by atoms with van der Waals surface area (Å²) in [5.74, 6) is 1.88. The van der Waals surface area contributed by atoms with E-state index in [-0.39, 0.29) is 0 Å². The van der Waals surface area contributed by atoms with Crippen LogP contribution in [0.25, 0.3) is 95.0 Å². The van der Waals surface area contributed by atoms with Crippen molar-refractivity contribution in [2.45, 2.75) is 0 Å². The zero-order chi connectivity index (χ0) is 36.6. The number of para-hydroxylation sites is 1. The highest BCUT2D eigenvalue weighted by molar-refractivity contribution is 6.10. The van der Waals surface area contributed by atoms with E-state index in [1.807, 2.05) is 12.1 Å². The maximum atomic E-state index is 5.10. The van der Waals surface area contributed by atoms with Gasteiger partial charge in [-0.1, -0.05) is 158 Å². The van der Waals surface area contributed by atoms with Crippen LogP contribution in [0.5, 0.6) is 0 Å². The van der Waals surface area contributed by atoms with Crippen molar-refractivity contribution in [2.24, 2.45) is 0 Å². The van der Waals surface area contributed by atoms with Crippen LogP contribution in [-0.4, -0.2) is 19.5 Å². The molecule has 2 heterocycles. The van der Waals surface area contributed by atoms with Crippen molar-refractivity contribution in [3.05, 3.63) is 206 Å². The summed E-state index contributed by atoms with van der Waals surface area (Å²) in [6.45, 7) is 0. The van der Waals surface area contributed by atoms with E-state index in [4.69, 9.17) is 15.0 Å². The molecule has 0 atom stereocenters. The Hall–Kier alpha value is -7.43. The molecule has 0 aliphatic heterocycles. The van der Waals surface area contributed by atoms with Gasteiger partial charge in [0.2, 0.25) is 0 Å². The van der Waals surface area contributed by atoms with Crippen LogP contribution < -0.4 is 0 Å². The molecular weight excluding hydrogens is 669 g/mol. The topological polar surface area (TPSA) is 43.6 Å². The van der Waals surface area contributed by atoms with Crippen molar-refractivity contribution in [1.82, 2.24) is 19.5 Å². The Balaban J connectivity index is 1.07. The maximum absolute atomic E-state index is 5.10. The van der Waals surface area contributed by atoms with Crippen molar-refractivity contribution in [3.8, 4) is 73.2 Å². The van der Waals surface area contributed by atoms with Crippen LogP contribution >= 0.6 is 0 Å². The largest absolute Gasteiger partial charge is 0.309 e. The average molecular weight is 703 g/mol. The molecule has 258 valence electrons. The van der Waals surface area contributed by atoms with E-state index in [0.29, 0.717) is 17.5 Å². The van der Waals surface area contributed by atoms with Crippen LogP contribution in [0.15, 0.2) is 206 Å². The normalized spacial score (nSPS) is 11.3. The van der Waals surface area contributed by atoms with Crippen LogP contribution in [0.2, 0.25) is 0 Å². The molecule has 0 aliphatic carbocycles. The molecule has 0 spiro atoms. The average Bonchev–Trinajstić information content (AvgIpc) is 3.61. The highest BCUT2D eigenvalue weighted by Gasteiger charge is 2.16. The number of aromatic nitrogens is 4. The minimum atomic E-state index is 0.624. The molecule has 0 saturated heterocycles. The number of benzene rings is 8. The molecule has 4 heteroatoms. The third kappa shape index (κ3) is 6.16. The molecule has 0 aliphatic rings. The van der Waals surface area contributed by atoms with Gasteiger partial charge < -0.3 is 4.57 Å². The smallest absolute Gasteiger partial charge is 0.164 e. The lowest BCUT2D eigenvalue weighted by molar-refractivity contribution is 1.07. The van der Waals surface area contributed by atoms with E-state index >= 15 is 0 Å². The van der Waals surface area contributed by atoms with E-state index in [2.05, 4.69) is 199 Å². The lowest BCUT2D eigenvalue weighted by atomic mass is 10.0. The molecule has 2 aromatic heterocycles. The summed E-state index contributed by atoms with van der Waals surface area (Å²) in [5.41, 5.74) is 13.2. The molecule has 0 bridgehead atoms. The van der Waals surface area contributed by atoms with Crippen molar-refractivity contribution in [3.63, 3.8) is 0 Å². The summed E-state index contributed by atoms with van der Waals surface area (Å²) in [7, 11) is 0. The van der Waals surface area contributed by atoms with E-state index in [1.165, 1.54) is 27.5 Å². The molecule has 0 radical (unpaired) electrons. The molecule has 0 N–H and O–H groups in total. The maximum Gasteiger partial charge on any atom is 0.164 e. The number of fused-ring (bicyclic) bond motifs is 3. The highest BCUT2D eigenvalue weighted by atomic mass is 15.0. The van der Waals surface area contributed by atoms with Gasteiger partial charge in [0.05, 0.1) is 11.0 Å². The predicted octanol–water partition coefficient (Wildman–Crippen LogP) is 13.0. The summed E-state index contributed by atoms with van der Waals surface area (Å²) in [6, 6.07) is 72.2. The molecule has 0 unspecified atom stereocenters. The zero-order valence-corrected chi connectivity index (χ0v) is 29.9. The van der Waals surface area contributed by atoms with Crippen LogP contribution in [0, 0.1) is 0 Å². The second-order valence-corrected chi connectivity index (χ2v) is 13.7. The molecule has 8 aromatic carbocycles. The van der Waals surface area contributed by atoms with Crippen LogP contribution in [0.4, 0.5) is 0 Å². The third-order valence-electron chi connectivity index (χ3n) is 10.3. The number of hydrogen-bond donors (Lipinski definition) is 0. The molecule has 0 saturated carbocycles. The predicted molar refractivity (Wildman–Crippen MR) is 227 cm³/mol. The Kier molecular flexibility index (Phi) is 8.12. The lowest BCUT2D eigenvalue weighted by Gasteiger charge is -2.12. The van der Waals surface area contributed by atoms with Gasteiger partial charge in [-0.05, 0) is 81.9 Å². The Bertz CT molecular complexity index is 2930. The molecule has 4 nitrogen and oxygen atoms in total. The first kappa shape index (κ1) is 32.2. The Morgan fingerprint density at radius 2 is 0.655 bits per heavy atom. The van der Waals surface area contributed by atoms with Gasteiger partial charge in [0, 0.05) is 33.2 Å². The molecular formula is C51H34N4. The lowest BCUT2D eigenvalue weighted by Crippen LogP contribution is -2.01. The van der Waals surface area contributed by atoms with Crippen molar-refractivity contribution in [1.29, 1.82) is 0 Å². The van der Waals surface area contributed by atoms with Gasteiger partial charge in [0.1, 0.15) is 0 Å². The van der Waals surface area contributed by atoms with Crippen molar-refractivity contribution in [2.75, 3.05) is 0 Å². The van der Waals surface area contributed by atoms with E-state index in [0.717, 1.165) is 50.1 Å². The first-order valence-corrected chi connectivity index (χ1v) is 18.5. The van der Waals surface area contributed by atoms with Gasteiger partial charge in [0.25, 0.3) is 0 Å². The highest BCUT2D eigenvalue weighted by Crippen LogP contribution is 2.36.